The van der Waals surface area contributed by atoms with Crippen molar-refractivity contribution in [2.24, 2.45) is 29.1 Å². The summed E-state index contributed by atoms with van der Waals surface area (Å²) in [4.78, 5) is 65.5. The zero-order valence-corrected chi connectivity index (χ0v) is 37.6. The zero-order valence-electron chi connectivity index (χ0n) is 36.8. The highest BCUT2D eigenvalue weighted by molar-refractivity contribution is 7.91. The predicted octanol–water partition coefficient (Wildman–Crippen LogP) is 6.30. The third-order valence-corrected chi connectivity index (χ3v) is 16.1. The van der Waals surface area contributed by atoms with E-state index in [-0.39, 0.29) is 37.6 Å². The highest BCUT2D eigenvalue weighted by Gasteiger charge is 2.63. The van der Waals surface area contributed by atoms with Crippen molar-refractivity contribution in [3.63, 3.8) is 0 Å². The summed E-state index contributed by atoms with van der Waals surface area (Å²) < 4.78 is 92.1. The molecule has 2 aromatic rings. The lowest BCUT2D eigenvalue weighted by Crippen LogP contribution is -2.48. The Kier molecular flexibility index (Phi) is 12.9. The van der Waals surface area contributed by atoms with Crippen LogP contribution in [0.15, 0.2) is 36.5 Å². The number of esters is 1. The number of anilines is 1. The first-order valence-corrected chi connectivity index (χ1v) is 23.4. The molecule has 2 saturated heterocycles. The lowest BCUT2D eigenvalue weighted by molar-refractivity contribution is -0.257. The van der Waals surface area contributed by atoms with Crippen LogP contribution < -0.4 is 19.1 Å². The van der Waals surface area contributed by atoms with Gasteiger partial charge in [-0.1, -0.05) is 26.0 Å². The average Bonchev–Trinajstić information content (AvgIpc) is 4.10. The van der Waals surface area contributed by atoms with Gasteiger partial charge >= 0.3 is 12.1 Å². The van der Waals surface area contributed by atoms with Crippen molar-refractivity contribution >= 4 is 50.1 Å². The van der Waals surface area contributed by atoms with E-state index in [0.29, 0.717) is 69.5 Å². The summed E-state index contributed by atoms with van der Waals surface area (Å²) in [5.41, 5.74) is -3.38. The van der Waals surface area contributed by atoms with Gasteiger partial charge in [0.15, 0.2) is 5.78 Å². The number of ether oxygens (including phenoxy) is 4. The van der Waals surface area contributed by atoms with Crippen LogP contribution in [-0.2, 0) is 38.7 Å². The van der Waals surface area contributed by atoms with Crippen LogP contribution in [0.4, 0.5) is 18.9 Å². The maximum absolute atomic E-state index is 15.0. The summed E-state index contributed by atoms with van der Waals surface area (Å²) in [6, 6.07) is 4.28. The Labute approximate surface area is 366 Å². The Morgan fingerprint density at radius 3 is 2.44 bits per heavy atom. The Balaban J connectivity index is 1.24. The van der Waals surface area contributed by atoms with Crippen LogP contribution in [0.5, 0.6) is 11.6 Å². The molecule has 4 fully saturated rings. The van der Waals surface area contributed by atoms with Crippen LogP contribution in [-0.4, -0.2) is 110 Å². The topological polar surface area (TPSA) is 171 Å². The number of morpholine rings is 1. The van der Waals surface area contributed by atoms with Crippen LogP contribution in [0.1, 0.15) is 92.4 Å². The molecule has 5 aliphatic rings. The molecule has 63 heavy (non-hydrogen) atoms. The lowest BCUT2D eigenvalue weighted by atomic mass is 9.82. The number of rotatable bonds is 10. The number of carbonyl (C=O) groups excluding carboxylic acids is 4. The highest BCUT2D eigenvalue weighted by atomic mass is 32.2. The number of pyridine rings is 1. The molecule has 1 aromatic heterocycles. The number of hydrogen-bond acceptors (Lipinski definition) is 12. The predicted molar refractivity (Wildman–Crippen MR) is 226 cm³/mol. The number of aromatic nitrogens is 1. The van der Waals surface area contributed by atoms with Gasteiger partial charge < -0.3 is 28.7 Å². The largest absolute Gasteiger partial charge is 0.497 e. The minimum absolute atomic E-state index is 0.00917. The number of nitrogens with zero attached hydrogens (tertiary/aromatic N) is 3. The Hall–Kier alpha value is -4.45. The van der Waals surface area contributed by atoms with Gasteiger partial charge in [-0.15, -0.1) is 0 Å². The number of ketones is 1. The van der Waals surface area contributed by atoms with Gasteiger partial charge in [0.2, 0.25) is 33.3 Å². The fourth-order valence-corrected chi connectivity index (χ4v) is 10.6. The standard InChI is InChI=1S/C45H59F3N4O10S/c1-27-9-7-8-10-29-23-44(29,41(56)50-63(57,58)43(5)13-14-43)24-37(53)35-21-31(26-52(35)40(55)33(28(2)19-27)22-38(54)62-42(3,4)45(46,47)48)61-39-32-12-11-30(59-6)20-34(32)36(25-49-39)51-15-17-60-18-16-51/h8,10-12,20,25,27-29,31,33,35H,7,9,13-19,21-24,26H2,1-6H3,(H,50,56)/b10-8-/t27-,28-,29-,31-,33+,35+,44-/m1/s1. The number of fused-ring (bicyclic) bond motifs is 3. The van der Waals surface area contributed by atoms with Gasteiger partial charge in [0.05, 0.1) is 67.3 Å². The summed E-state index contributed by atoms with van der Waals surface area (Å²) in [7, 11) is -2.48. The van der Waals surface area contributed by atoms with Gasteiger partial charge in [0, 0.05) is 36.7 Å². The summed E-state index contributed by atoms with van der Waals surface area (Å²) in [5, 5.41) is 1.44. The van der Waals surface area contributed by atoms with Crippen molar-refractivity contribution in [2.75, 3.05) is 44.9 Å². The Bertz CT molecular complexity index is 2240. The van der Waals surface area contributed by atoms with Gasteiger partial charge in [-0.25, -0.2) is 13.4 Å². The first-order valence-electron chi connectivity index (χ1n) is 21.9. The van der Waals surface area contributed by atoms with Crippen LogP contribution in [0.3, 0.4) is 0 Å². The molecule has 7 atom stereocenters. The van der Waals surface area contributed by atoms with Gasteiger partial charge in [-0.2, -0.15) is 13.2 Å². The fraction of sp³-hybridized carbons (Fsp3) is 0.667. The number of sulfonamides is 1. The number of allylic oxidation sites excluding steroid dienone is 2. The second kappa shape index (κ2) is 17.5. The number of methoxy groups -OCH3 is 1. The molecule has 3 aliphatic heterocycles. The van der Waals surface area contributed by atoms with E-state index < -0.39 is 91.8 Å². The number of nitrogens with one attached hydrogen (secondary N) is 1. The van der Waals surface area contributed by atoms with Crippen molar-refractivity contribution < 1.29 is 59.7 Å². The molecule has 0 unspecified atom stereocenters. The molecule has 2 saturated carbocycles. The molecular formula is C45H59F3N4O10S. The highest BCUT2D eigenvalue weighted by Crippen LogP contribution is 2.58. The van der Waals surface area contributed by atoms with Crippen molar-refractivity contribution in [3.8, 4) is 11.6 Å². The zero-order chi connectivity index (χ0) is 45.7. The van der Waals surface area contributed by atoms with Crippen LogP contribution in [0, 0.1) is 29.1 Å². The van der Waals surface area contributed by atoms with E-state index in [9.17, 15) is 36.0 Å². The quantitative estimate of drug-likeness (QED) is 0.209. The third-order valence-electron chi connectivity index (χ3n) is 13.9. The first kappa shape index (κ1) is 46.5. The van der Waals surface area contributed by atoms with Gasteiger partial charge in [-0.05, 0) is 95.2 Å². The molecule has 18 heteroatoms. The van der Waals surface area contributed by atoms with Gasteiger partial charge in [-0.3, -0.25) is 23.9 Å². The molecule has 2 aliphatic carbocycles. The second-order valence-corrected chi connectivity index (χ2v) is 21.2. The van der Waals surface area contributed by atoms with E-state index in [1.165, 1.54) is 4.90 Å². The number of Topliss-reactive ketones (excluding diaryl/α,β-unsaturated/α-hetero) is 1. The van der Waals surface area contributed by atoms with Crippen LogP contribution in [0.2, 0.25) is 0 Å². The number of hydrogen-bond donors (Lipinski definition) is 1. The SMILES string of the molecule is COc1ccc2c(O[C@@H]3C[C@H]4C(=O)C[C@]5(C(=O)NS(=O)(=O)C6(C)CC6)C[C@H]5/C=C\CC[C@@H](C)C[C@@H](C)[C@H](CC(=O)OC(C)(C)C(F)(F)F)C(=O)N4C3)ncc(N3CCOCC3)c2c1. The number of amides is 2. The summed E-state index contributed by atoms with van der Waals surface area (Å²) in [5.74, 6) is -4.39. The van der Waals surface area contributed by atoms with Crippen molar-refractivity contribution in [1.82, 2.24) is 14.6 Å². The number of benzene rings is 1. The maximum atomic E-state index is 15.0. The first-order chi connectivity index (χ1) is 29.6. The van der Waals surface area contributed by atoms with Crippen LogP contribution in [0.25, 0.3) is 10.8 Å². The van der Waals surface area contributed by atoms with E-state index >= 15 is 4.79 Å². The summed E-state index contributed by atoms with van der Waals surface area (Å²) >= 11 is 0. The fourth-order valence-electron chi connectivity index (χ4n) is 9.26. The minimum atomic E-state index is -4.87. The van der Waals surface area contributed by atoms with E-state index in [2.05, 4.69) is 9.62 Å². The number of carbonyl (C=O) groups is 4. The molecular weight excluding hydrogens is 846 g/mol. The maximum Gasteiger partial charge on any atom is 0.427 e. The van der Waals surface area contributed by atoms with Crippen molar-refractivity contribution in [3.05, 3.63) is 36.5 Å². The van der Waals surface area contributed by atoms with E-state index in [0.717, 1.165) is 24.9 Å². The summed E-state index contributed by atoms with van der Waals surface area (Å²) in [6.07, 6.45) is 1.40. The third kappa shape index (κ3) is 9.67. The molecule has 0 radical (unpaired) electrons. The van der Waals surface area contributed by atoms with E-state index in [4.69, 9.17) is 23.9 Å². The normalized spacial score (nSPS) is 29.7. The molecule has 0 spiro atoms. The van der Waals surface area contributed by atoms with Crippen molar-refractivity contribution in [1.29, 1.82) is 0 Å². The molecule has 4 heterocycles. The minimum Gasteiger partial charge on any atom is -0.497 e. The van der Waals surface area contributed by atoms with Crippen LogP contribution >= 0.6 is 0 Å². The van der Waals surface area contributed by atoms with Crippen molar-refractivity contribution in [2.45, 2.75) is 121 Å². The Morgan fingerprint density at radius 1 is 1.06 bits per heavy atom. The van der Waals surface area contributed by atoms with E-state index in [1.807, 2.05) is 31.2 Å². The molecule has 1 aromatic carbocycles. The lowest BCUT2D eigenvalue weighted by Gasteiger charge is -2.33. The smallest absolute Gasteiger partial charge is 0.427 e. The monoisotopic (exact) mass is 904 g/mol. The second-order valence-electron chi connectivity index (χ2n) is 19.1. The molecule has 0 bridgehead atoms. The number of alkyl halides is 3. The molecule has 2 amide bonds. The van der Waals surface area contributed by atoms with E-state index in [1.54, 1.807) is 33.2 Å². The number of halogens is 3. The van der Waals surface area contributed by atoms with Gasteiger partial charge in [0.1, 0.15) is 11.9 Å². The Morgan fingerprint density at radius 2 is 1.78 bits per heavy atom. The molecule has 7 rings (SSSR count). The average molecular weight is 905 g/mol. The molecule has 14 nitrogen and oxygen atoms in total. The molecule has 1 N–H and O–H groups in total. The van der Waals surface area contributed by atoms with Gasteiger partial charge in [0.25, 0.3) is 0 Å². The summed E-state index contributed by atoms with van der Waals surface area (Å²) in [6.45, 7) is 9.02. The molecule has 346 valence electrons.